The normalized spacial score (nSPS) is 21.5. The van der Waals surface area contributed by atoms with E-state index in [0.29, 0.717) is 25.7 Å². The Kier molecular flexibility index (Phi) is 8.57. The summed E-state index contributed by atoms with van der Waals surface area (Å²) in [6, 6.07) is 0. The van der Waals surface area contributed by atoms with E-state index in [0.717, 1.165) is 32.5 Å². The van der Waals surface area contributed by atoms with Crippen molar-refractivity contribution in [3.63, 3.8) is 0 Å². The van der Waals surface area contributed by atoms with Crippen LogP contribution in [0.15, 0.2) is 0 Å². The summed E-state index contributed by atoms with van der Waals surface area (Å²) in [4.78, 5) is 2.31. The first-order valence-electron chi connectivity index (χ1n) is 7.15. The Morgan fingerprint density at radius 2 is 1.84 bits per heavy atom. The molecule has 5 heteroatoms. The molecule has 1 N–H and O–H groups in total. The van der Waals surface area contributed by atoms with Crippen molar-refractivity contribution >= 4 is 0 Å². The van der Waals surface area contributed by atoms with Crippen molar-refractivity contribution in [2.45, 2.75) is 32.0 Å². The maximum Gasteiger partial charge on any atom is 0.0900 e. The van der Waals surface area contributed by atoms with Gasteiger partial charge in [-0.25, -0.2) is 0 Å². The van der Waals surface area contributed by atoms with Crippen molar-refractivity contribution in [1.29, 1.82) is 0 Å². The summed E-state index contributed by atoms with van der Waals surface area (Å²) in [5.74, 6) is 0.677. The molecule has 0 spiro atoms. The number of aliphatic hydroxyl groups excluding tert-OH is 1. The quantitative estimate of drug-likeness (QED) is 0.673. The Labute approximate surface area is 116 Å². The fourth-order valence-corrected chi connectivity index (χ4v) is 2.48. The zero-order valence-corrected chi connectivity index (χ0v) is 12.5. The van der Waals surface area contributed by atoms with Crippen LogP contribution in [0.1, 0.15) is 19.8 Å². The van der Waals surface area contributed by atoms with Crippen LogP contribution in [0.4, 0.5) is 0 Å². The van der Waals surface area contributed by atoms with E-state index in [-0.39, 0.29) is 6.10 Å². The largest absolute Gasteiger partial charge is 0.389 e. The van der Waals surface area contributed by atoms with Crippen molar-refractivity contribution in [1.82, 2.24) is 4.90 Å². The molecule has 0 aromatic rings. The second-order valence-electron chi connectivity index (χ2n) is 5.45. The van der Waals surface area contributed by atoms with Crippen LogP contribution in [0, 0.1) is 5.92 Å². The highest BCUT2D eigenvalue weighted by Crippen LogP contribution is 2.17. The third-order valence-corrected chi connectivity index (χ3v) is 3.55. The molecule has 2 atom stereocenters. The van der Waals surface area contributed by atoms with Crippen LogP contribution >= 0.6 is 0 Å². The van der Waals surface area contributed by atoms with Crippen LogP contribution in [0.2, 0.25) is 0 Å². The monoisotopic (exact) mass is 275 g/mol. The van der Waals surface area contributed by atoms with Gasteiger partial charge in [-0.3, -0.25) is 0 Å². The van der Waals surface area contributed by atoms with Crippen LogP contribution in [-0.2, 0) is 14.2 Å². The minimum atomic E-state index is -0.418. The lowest BCUT2D eigenvalue weighted by Gasteiger charge is -2.32. The number of β-amino-alcohol motifs (C(OH)–C–C–N with tert-alkyl or cyclic N) is 1. The van der Waals surface area contributed by atoms with Gasteiger partial charge < -0.3 is 24.2 Å². The summed E-state index contributed by atoms with van der Waals surface area (Å²) >= 11 is 0. The van der Waals surface area contributed by atoms with E-state index in [4.69, 9.17) is 14.2 Å². The molecule has 0 bridgehead atoms. The minimum absolute atomic E-state index is 0.0343. The topological polar surface area (TPSA) is 51.2 Å². The lowest BCUT2D eigenvalue weighted by Crippen LogP contribution is -2.41. The molecule has 0 aliphatic carbocycles. The van der Waals surface area contributed by atoms with Crippen LogP contribution < -0.4 is 0 Å². The molecule has 19 heavy (non-hydrogen) atoms. The van der Waals surface area contributed by atoms with Gasteiger partial charge in [0.15, 0.2) is 0 Å². The lowest BCUT2D eigenvalue weighted by atomic mass is 9.97. The summed E-state index contributed by atoms with van der Waals surface area (Å²) < 4.78 is 15.7. The molecule has 114 valence electrons. The van der Waals surface area contributed by atoms with E-state index < -0.39 is 6.10 Å². The molecule has 1 saturated heterocycles. The number of nitrogens with zero attached hydrogens (tertiary/aromatic N) is 1. The molecule has 2 unspecified atom stereocenters. The molecular weight excluding hydrogens is 246 g/mol. The van der Waals surface area contributed by atoms with Crippen LogP contribution in [0.3, 0.4) is 0 Å². The smallest absolute Gasteiger partial charge is 0.0900 e. The molecule has 1 fully saturated rings. The molecule has 1 rings (SSSR count). The minimum Gasteiger partial charge on any atom is -0.389 e. The van der Waals surface area contributed by atoms with Gasteiger partial charge in [0.1, 0.15) is 0 Å². The van der Waals surface area contributed by atoms with E-state index in [9.17, 15) is 5.11 Å². The number of rotatable bonds is 9. The highest BCUT2D eigenvalue weighted by molar-refractivity contribution is 4.74. The Hall–Kier alpha value is -0.200. The molecule has 0 amide bonds. The molecule has 0 radical (unpaired) electrons. The van der Waals surface area contributed by atoms with Crippen LogP contribution in [-0.4, -0.2) is 75.9 Å². The van der Waals surface area contributed by atoms with Crippen molar-refractivity contribution in [3.05, 3.63) is 0 Å². The Morgan fingerprint density at radius 3 is 2.42 bits per heavy atom. The number of methoxy groups -OCH3 is 2. The number of hydrogen-bond acceptors (Lipinski definition) is 5. The van der Waals surface area contributed by atoms with E-state index in [1.807, 2.05) is 6.92 Å². The van der Waals surface area contributed by atoms with Crippen molar-refractivity contribution in [2.24, 2.45) is 5.92 Å². The highest BCUT2D eigenvalue weighted by atomic mass is 16.5. The first-order chi connectivity index (χ1) is 9.15. The van der Waals surface area contributed by atoms with Crippen molar-refractivity contribution in [2.75, 3.05) is 53.7 Å². The molecule has 0 aromatic heterocycles. The first kappa shape index (κ1) is 16.9. The Morgan fingerprint density at radius 1 is 1.16 bits per heavy atom. The van der Waals surface area contributed by atoms with Gasteiger partial charge in [-0.2, -0.15) is 0 Å². The zero-order chi connectivity index (χ0) is 14.1. The maximum absolute atomic E-state index is 9.96. The molecule has 0 aromatic carbocycles. The Bertz CT molecular complexity index is 219. The van der Waals surface area contributed by atoms with Crippen LogP contribution in [0.5, 0.6) is 0 Å². The first-order valence-corrected chi connectivity index (χ1v) is 7.15. The summed E-state index contributed by atoms with van der Waals surface area (Å²) in [6.07, 6.45) is 1.92. The average molecular weight is 275 g/mol. The van der Waals surface area contributed by atoms with E-state index >= 15 is 0 Å². The molecular formula is C14H29NO4. The van der Waals surface area contributed by atoms with Gasteiger partial charge in [-0.15, -0.1) is 0 Å². The molecule has 5 nitrogen and oxygen atoms in total. The van der Waals surface area contributed by atoms with Gasteiger partial charge in [-0.1, -0.05) is 0 Å². The second-order valence-corrected chi connectivity index (χ2v) is 5.45. The summed E-state index contributed by atoms with van der Waals surface area (Å²) in [5.41, 5.74) is 0. The highest BCUT2D eigenvalue weighted by Gasteiger charge is 2.21. The summed E-state index contributed by atoms with van der Waals surface area (Å²) in [6.45, 7) is 6.52. The number of piperidine rings is 1. The van der Waals surface area contributed by atoms with E-state index in [1.54, 1.807) is 14.2 Å². The number of ether oxygens (including phenoxy) is 3. The molecule has 0 saturated carbocycles. The van der Waals surface area contributed by atoms with Crippen LogP contribution in [0.25, 0.3) is 0 Å². The van der Waals surface area contributed by atoms with Gasteiger partial charge in [0.2, 0.25) is 0 Å². The SMILES string of the molecule is COCC1CCN(CC(O)COC(C)COC)CC1. The van der Waals surface area contributed by atoms with Gasteiger partial charge in [-0.05, 0) is 38.8 Å². The Balaban J connectivity index is 2.11. The number of likely N-dealkylation sites (tertiary alicyclic amines) is 1. The second kappa shape index (κ2) is 9.66. The number of hydrogen-bond donors (Lipinski definition) is 1. The van der Waals surface area contributed by atoms with E-state index in [1.165, 1.54) is 0 Å². The molecule has 1 aliphatic heterocycles. The summed E-state index contributed by atoms with van der Waals surface area (Å²) in [7, 11) is 3.41. The molecule has 1 heterocycles. The average Bonchev–Trinajstić information content (AvgIpc) is 2.39. The predicted octanol–water partition coefficient (Wildman–Crippen LogP) is 0.757. The lowest BCUT2D eigenvalue weighted by molar-refractivity contribution is -0.0424. The van der Waals surface area contributed by atoms with Gasteiger partial charge >= 0.3 is 0 Å². The zero-order valence-electron chi connectivity index (χ0n) is 12.5. The van der Waals surface area contributed by atoms with E-state index in [2.05, 4.69) is 4.90 Å². The standard InChI is InChI=1S/C14H29NO4/c1-12(9-17-2)19-11-14(16)8-15-6-4-13(5-7-15)10-18-3/h12-14,16H,4-11H2,1-3H3. The summed E-state index contributed by atoms with van der Waals surface area (Å²) in [5, 5.41) is 9.96. The van der Waals surface area contributed by atoms with Crippen molar-refractivity contribution < 1.29 is 19.3 Å². The van der Waals surface area contributed by atoms with Crippen molar-refractivity contribution in [3.8, 4) is 0 Å². The predicted molar refractivity (Wildman–Crippen MR) is 74.3 cm³/mol. The maximum atomic E-state index is 9.96. The third kappa shape index (κ3) is 7.22. The van der Waals surface area contributed by atoms with Gasteiger partial charge in [0.05, 0.1) is 25.4 Å². The fraction of sp³-hybridized carbons (Fsp3) is 1.00. The third-order valence-electron chi connectivity index (χ3n) is 3.55. The van der Waals surface area contributed by atoms with Gasteiger partial charge in [0.25, 0.3) is 0 Å². The molecule has 1 aliphatic rings. The number of aliphatic hydroxyl groups is 1. The fourth-order valence-electron chi connectivity index (χ4n) is 2.48. The van der Waals surface area contributed by atoms with Gasteiger partial charge in [0, 0.05) is 27.4 Å².